The van der Waals surface area contributed by atoms with E-state index in [0.717, 1.165) is 17.1 Å². The SMILES string of the molecule is CC(C)(ON)c1cccc2c1OCCO2. The third kappa shape index (κ3) is 1.78. The van der Waals surface area contributed by atoms with E-state index in [9.17, 15) is 0 Å². The standard InChI is InChI=1S/C11H15NO3/c1-11(2,15-12)8-4-3-5-9-10(8)14-7-6-13-9/h3-5H,6-7,12H2,1-2H3. The number of para-hydroxylation sites is 1. The fourth-order valence-corrected chi connectivity index (χ4v) is 1.61. The minimum absolute atomic E-state index is 0.560. The number of benzene rings is 1. The van der Waals surface area contributed by atoms with E-state index >= 15 is 0 Å². The van der Waals surface area contributed by atoms with Crippen molar-refractivity contribution in [2.24, 2.45) is 5.90 Å². The van der Waals surface area contributed by atoms with E-state index in [1.165, 1.54) is 0 Å². The first-order chi connectivity index (χ1) is 7.15. The normalized spacial score (nSPS) is 15.1. The van der Waals surface area contributed by atoms with Crippen molar-refractivity contribution in [1.29, 1.82) is 0 Å². The summed E-state index contributed by atoms with van der Waals surface area (Å²) in [6, 6.07) is 5.72. The van der Waals surface area contributed by atoms with Crippen LogP contribution < -0.4 is 15.4 Å². The van der Waals surface area contributed by atoms with Crippen molar-refractivity contribution < 1.29 is 14.3 Å². The zero-order chi connectivity index (χ0) is 10.9. The van der Waals surface area contributed by atoms with Crippen LogP contribution >= 0.6 is 0 Å². The zero-order valence-electron chi connectivity index (χ0n) is 8.95. The first-order valence-electron chi connectivity index (χ1n) is 4.92. The van der Waals surface area contributed by atoms with Gasteiger partial charge in [-0.25, -0.2) is 5.90 Å². The van der Waals surface area contributed by atoms with Crippen LogP contribution in [0, 0.1) is 0 Å². The fourth-order valence-electron chi connectivity index (χ4n) is 1.61. The largest absolute Gasteiger partial charge is 0.486 e. The first-order valence-corrected chi connectivity index (χ1v) is 4.92. The molecule has 0 bridgehead atoms. The summed E-state index contributed by atoms with van der Waals surface area (Å²) in [5.74, 6) is 6.76. The summed E-state index contributed by atoms with van der Waals surface area (Å²) in [4.78, 5) is 4.95. The Labute approximate surface area is 88.9 Å². The molecule has 0 radical (unpaired) electrons. The lowest BCUT2D eigenvalue weighted by molar-refractivity contribution is -0.0264. The number of hydrogen-bond donors (Lipinski definition) is 1. The number of rotatable bonds is 2. The van der Waals surface area contributed by atoms with Crippen molar-refractivity contribution in [1.82, 2.24) is 0 Å². The van der Waals surface area contributed by atoms with E-state index in [0.29, 0.717) is 13.2 Å². The molecule has 0 aliphatic carbocycles. The van der Waals surface area contributed by atoms with E-state index in [-0.39, 0.29) is 0 Å². The molecule has 0 spiro atoms. The van der Waals surface area contributed by atoms with Gasteiger partial charge in [0.1, 0.15) is 18.8 Å². The molecular formula is C11H15NO3. The number of hydrogen-bond acceptors (Lipinski definition) is 4. The summed E-state index contributed by atoms with van der Waals surface area (Å²) in [7, 11) is 0. The second-order valence-electron chi connectivity index (χ2n) is 3.96. The van der Waals surface area contributed by atoms with Crippen LogP contribution in [-0.2, 0) is 10.4 Å². The second kappa shape index (κ2) is 3.72. The number of fused-ring (bicyclic) bond motifs is 1. The van der Waals surface area contributed by atoms with Gasteiger partial charge in [0.2, 0.25) is 0 Å². The Morgan fingerprint density at radius 3 is 2.73 bits per heavy atom. The minimum atomic E-state index is -0.577. The molecule has 0 unspecified atom stereocenters. The summed E-state index contributed by atoms with van der Waals surface area (Å²) in [5, 5.41) is 0. The molecule has 1 aromatic rings. The lowest BCUT2D eigenvalue weighted by Crippen LogP contribution is -2.27. The average Bonchev–Trinajstić information content (AvgIpc) is 2.28. The van der Waals surface area contributed by atoms with Gasteiger partial charge in [-0.05, 0) is 19.9 Å². The van der Waals surface area contributed by atoms with Crippen LogP contribution in [0.3, 0.4) is 0 Å². The summed E-state index contributed by atoms with van der Waals surface area (Å²) in [6.07, 6.45) is 0. The molecular weight excluding hydrogens is 194 g/mol. The Hall–Kier alpha value is -1.26. The average molecular weight is 209 g/mol. The Bertz CT molecular complexity index is 363. The maximum atomic E-state index is 5.58. The predicted octanol–water partition coefficient (Wildman–Crippen LogP) is 1.58. The summed E-state index contributed by atoms with van der Waals surface area (Å²) in [5.41, 5.74) is 0.327. The van der Waals surface area contributed by atoms with Crippen LogP contribution in [0.5, 0.6) is 11.5 Å². The van der Waals surface area contributed by atoms with Crippen LogP contribution in [0.15, 0.2) is 18.2 Å². The van der Waals surface area contributed by atoms with Gasteiger partial charge in [-0.15, -0.1) is 0 Å². The Morgan fingerprint density at radius 2 is 2.00 bits per heavy atom. The van der Waals surface area contributed by atoms with Gasteiger partial charge in [0.05, 0.1) is 0 Å². The Balaban J connectivity index is 2.48. The van der Waals surface area contributed by atoms with E-state index in [1.54, 1.807) is 0 Å². The molecule has 0 saturated carbocycles. The zero-order valence-corrected chi connectivity index (χ0v) is 8.95. The molecule has 0 atom stereocenters. The van der Waals surface area contributed by atoms with Crippen LogP contribution in [-0.4, -0.2) is 13.2 Å². The Kier molecular flexibility index (Phi) is 2.54. The molecule has 15 heavy (non-hydrogen) atoms. The van der Waals surface area contributed by atoms with Crippen molar-refractivity contribution >= 4 is 0 Å². The van der Waals surface area contributed by atoms with Gasteiger partial charge in [0.25, 0.3) is 0 Å². The topological polar surface area (TPSA) is 53.7 Å². The first kappa shape index (κ1) is 10.3. The highest BCUT2D eigenvalue weighted by atomic mass is 16.6. The smallest absolute Gasteiger partial charge is 0.167 e. The van der Waals surface area contributed by atoms with E-state index in [1.807, 2.05) is 32.0 Å². The molecule has 0 amide bonds. The lowest BCUT2D eigenvalue weighted by Gasteiger charge is -2.28. The minimum Gasteiger partial charge on any atom is -0.486 e. The van der Waals surface area contributed by atoms with Crippen molar-refractivity contribution in [2.75, 3.05) is 13.2 Å². The third-order valence-corrected chi connectivity index (χ3v) is 2.51. The van der Waals surface area contributed by atoms with Crippen LogP contribution in [0.2, 0.25) is 0 Å². The van der Waals surface area contributed by atoms with E-state index in [2.05, 4.69) is 0 Å². The summed E-state index contributed by atoms with van der Waals surface area (Å²) >= 11 is 0. The van der Waals surface area contributed by atoms with Gasteiger partial charge in [-0.1, -0.05) is 12.1 Å². The molecule has 1 aromatic carbocycles. The molecule has 82 valence electrons. The summed E-state index contributed by atoms with van der Waals surface area (Å²) in [6.45, 7) is 4.92. The lowest BCUT2D eigenvalue weighted by atomic mass is 9.96. The van der Waals surface area contributed by atoms with Crippen LogP contribution in [0.25, 0.3) is 0 Å². The second-order valence-corrected chi connectivity index (χ2v) is 3.96. The summed E-state index contributed by atoms with van der Waals surface area (Å²) < 4.78 is 11.1. The van der Waals surface area contributed by atoms with Crippen molar-refractivity contribution in [2.45, 2.75) is 19.4 Å². The number of nitrogens with two attached hydrogens (primary N) is 1. The Morgan fingerprint density at radius 1 is 1.27 bits per heavy atom. The van der Waals surface area contributed by atoms with Crippen LogP contribution in [0.4, 0.5) is 0 Å². The molecule has 2 N–H and O–H groups in total. The van der Waals surface area contributed by atoms with E-state index < -0.39 is 5.60 Å². The van der Waals surface area contributed by atoms with Gasteiger partial charge >= 0.3 is 0 Å². The quantitative estimate of drug-likeness (QED) is 0.751. The highest BCUT2D eigenvalue weighted by Crippen LogP contribution is 2.39. The number of ether oxygens (including phenoxy) is 2. The predicted molar refractivity (Wildman–Crippen MR) is 55.7 cm³/mol. The molecule has 1 aliphatic heterocycles. The van der Waals surface area contributed by atoms with Gasteiger partial charge in [-0.3, -0.25) is 4.84 Å². The van der Waals surface area contributed by atoms with Crippen molar-refractivity contribution in [3.63, 3.8) is 0 Å². The van der Waals surface area contributed by atoms with E-state index in [4.69, 9.17) is 20.2 Å². The van der Waals surface area contributed by atoms with Gasteiger partial charge < -0.3 is 9.47 Å². The highest BCUT2D eigenvalue weighted by molar-refractivity contribution is 5.49. The molecule has 4 nitrogen and oxygen atoms in total. The highest BCUT2D eigenvalue weighted by Gasteiger charge is 2.28. The van der Waals surface area contributed by atoms with Gasteiger partial charge in [0, 0.05) is 5.56 Å². The monoisotopic (exact) mass is 209 g/mol. The molecule has 0 saturated heterocycles. The third-order valence-electron chi connectivity index (χ3n) is 2.51. The molecule has 4 heteroatoms. The van der Waals surface area contributed by atoms with Gasteiger partial charge in [-0.2, -0.15) is 0 Å². The molecule has 2 rings (SSSR count). The maximum absolute atomic E-state index is 5.58. The fraction of sp³-hybridized carbons (Fsp3) is 0.455. The molecule has 1 heterocycles. The molecule has 0 aromatic heterocycles. The van der Waals surface area contributed by atoms with Crippen LogP contribution in [0.1, 0.15) is 19.4 Å². The molecule has 0 fully saturated rings. The van der Waals surface area contributed by atoms with Crippen molar-refractivity contribution in [3.8, 4) is 11.5 Å². The molecule has 1 aliphatic rings. The van der Waals surface area contributed by atoms with Crippen molar-refractivity contribution in [3.05, 3.63) is 23.8 Å². The maximum Gasteiger partial charge on any atom is 0.167 e. The van der Waals surface area contributed by atoms with Gasteiger partial charge in [0.15, 0.2) is 11.5 Å².